The lowest BCUT2D eigenvalue weighted by atomic mass is 10.0. The molecule has 5 nitrogen and oxygen atoms in total. The van der Waals surface area contributed by atoms with Gasteiger partial charge in [-0.25, -0.2) is 9.18 Å². The van der Waals surface area contributed by atoms with Gasteiger partial charge in [-0.3, -0.25) is 4.79 Å². The van der Waals surface area contributed by atoms with Crippen LogP contribution in [-0.4, -0.2) is 29.6 Å². The number of nitrogens with one attached hydrogen (secondary N) is 1. The molecule has 0 unspecified atom stereocenters. The fourth-order valence-corrected chi connectivity index (χ4v) is 1.63. The molecule has 1 amide bonds. The molecular formula is C14H18FNO4. The number of aliphatic carboxylic acids is 1. The number of rotatable bonds is 7. The lowest BCUT2D eigenvalue weighted by Gasteiger charge is -2.16. The summed E-state index contributed by atoms with van der Waals surface area (Å²) in [5.41, 5.74) is 0. The zero-order valence-electron chi connectivity index (χ0n) is 11.4. The van der Waals surface area contributed by atoms with Crippen LogP contribution in [0.5, 0.6) is 5.75 Å². The zero-order valence-corrected chi connectivity index (χ0v) is 11.4. The topological polar surface area (TPSA) is 75.6 Å². The zero-order chi connectivity index (χ0) is 15.1. The van der Waals surface area contributed by atoms with Crippen LogP contribution in [0, 0.1) is 11.7 Å². The summed E-state index contributed by atoms with van der Waals surface area (Å²) in [5, 5.41) is 11.4. The molecule has 1 rings (SSSR count). The van der Waals surface area contributed by atoms with Crippen LogP contribution in [0.1, 0.15) is 20.3 Å². The van der Waals surface area contributed by atoms with Crippen molar-refractivity contribution in [1.29, 1.82) is 0 Å². The smallest absolute Gasteiger partial charge is 0.326 e. The number of hydrogen-bond acceptors (Lipinski definition) is 3. The van der Waals surface area contributed by atoms with Crippen LogP contribution in [0.3, 0.4) is 0 Å². The van der Waals surface area contributed by atoms with Gasteiger partial charge in [0.25, 0.3) is 5.91 Å². The average molecular weight is 283 g/mol. The first-order chi connectivity index (χ1) is 9.38. The van der Waals surface area contributed by atoms with Crippen molar-refractivity contribution in [2.24, 2.45) is 5.92 Å². The molecule has 0 aliphatic heterocycles. The number of amides is 1. The molecule has 1 aromatic carbocycles. The van der Waals surface area contributed by atoms with Gasteiger partial charge in [-0.1, -0.05) is 19.9 Å². The minimum atomic E-state index is -1.09. The minimum absolute atomic E-state index is 0.139. The SMILES string of the molecule is CC(C)C[C@@H](NC(=O)COc1cccc(F)c1)C(=O)O. The number of benzene rings is 1. The first kappa shape index (κ1) is 15.9. The summed E-state index contributed by atoms with van der Waals surface area (Å²) in [5.74, 6) is -1.75. The van der Waals surface area contributed by atoms with Crippen molar-refractivity contribution >= 4 is 11.9 Å². The number of carboxylic acid groups (broad SMARTS) is 1. The maximum absolute atomic E-state index is 12.9. The fraction of sp³-hybridized carbons (Fsp3) is 0.429. The van der Waals surface area contributed by atoms with Crippen LogP contribution in [0.15, 0.2) is 24.3 Å². The van der Waals surface area contributed by atoms with E-state index in [1.807, 2.05) is 13.8 Å². The molecule has 2 N–H and O–H groups in total. The van der Waals surface area contributed by atoms with Gasteiger partial charge >= 0.3 is 5.97 Å². The molecule has 1 atom stereocenters. The molecule has 0 aliphatic carbocycles. The van der Waals surface area contributed by atoms with E-state index in [0.717, 1.165) is 6.07 Å². The first-order valence-corrected chi connectivity index (χ1v) is 6.29. The largest absolute Gasteiger partial charge is 0.484 e. The molecule has 0 radical (unpaired) electrons. The third-order valence-electron chi connectivity index (χ3n) is 2.51. The van der Waals surface area contributed by atoms with Gasteiger partial charge in [-0.15, -0.1) is 0 Å². The van der Waals surface area contributed by atoms with E-state index < -0.39 is 23.7 Å². The summed E-state index contributed by atoms with van der Waals surface area (Å²) >= 11 is 0. The summed E-state index contributed by atoms with van der Waals surface area (Å²) in [4.78, 5) is 22.6. The lowest BCUT2D eigenvalue weighted by Crippen LogP contribution is -2.43. The Morgan fingerprint density at radius 1 is 1.40 bits per heavy atom. The maximum atomic E-state index is 12.9. The van der Waals surface area contributed by atoms with Crippen molar-refractivity contribution in [1.82, 2.24) is 5.32 Å². The van der Waals surface area contributed by atoms with Crippen LogP contribution < -0.4 is 10.1 Å². The Morgan fingerprint density at radius 2 is 2.10 bits per heavy atom. The molecule has 20 heavy (non-hydrogen) atoms. The second-order valence-corrected chi connectivity index (χ2v) is 4.83. The highest BCUT2D eigenvalue weighted by atomic mass is 19.1. The maximum Gasteiger partial charge on any atom is 0.326 e. The summed E-state index contributed by atoms with van der Waals surface area (Å²) < 4.78 is 18.0. The molecule has 0 aromatic heterocycles. The molecule has 0 saturated heterocycles. The molecule has 0 spiro atoms. The molecule has 0 bridgehead atoms. The van der Waals surface area contributed by atoms with Crippen LogP contribution in [-0.2, 0) is 9.59 Å². The summed E-state index contributed by atoms with van der Waals surface area (Å²) in [7, 11) is 0. The van der Waals surface area contributed by atoms with Gasteiger partial charge in [0.05, 0.1) is 0 Å². The monoisotopic (exact) mass is 283 g/mol. The van der Waals surface area contributed by atoms with Gasteiger partial charge in [0.15, 0.2) is 6.61 Å². The van der Waals surface area contributed by atoms with Crippen molar-refractivity contribution in [3.63, 3.8) is 0 Å². The number of ether oxygens (including phenoxy) is 1. The van der Waals surface area contributed by atoms with Crippen molar-refractivity contribution in [3.8, 4) is 5.75 Å². The number of carbonyl (C=O) groups is 2. The normalized spacial score (nSPS) is 12.0. The number of halogens is 1. The van der Waals surface area contributed by atoms with Crippen molar-refractivity contribution in [2.45, 2.75) is 26.3 Å². The van der Waals surface area contributed by atoms with E-state index in [0.29, 0.717) is 6.42 Å². The van der Waals surface area contributed by atoms with Gasteiger partial charge in [0.1, 0.15) is 17.6 Å². The predicted molar refractivity (Wildman–Crippen MR) is 70.9 cm³/mol. The van der Waals surface area contributed by atoms with Crippen LogP contribution in [0.2, 0.25) is 0 Å². The fourth-order valence-electron chi connectivity index (χ4n) is 1.63. The van der Waals surface area contributed by atoms with Gasteiger partial charge in [0, 0.05) is 6.07 Å². The van der Waals surface area contributed by atoms with E-state index in [1.165, 1.54) is 18.2 Å². The predicted octanol–water partition coefficient (Wildman–Crippen LogP) is 1.82. The summed E-state index contributed by atoms with van der Waals surface area (Å²) in [6, 6.07) is 4.44. The molecule has 6 heteroatoms. The highest BCUT2D eigenvalue weighted by molar-refractivity contribution is 5.84. The van der Waals surface area contributed by atoms with E-state index in [2.05, 4.69) is 5.32 Å². The van der Waals surface area contributed by atoms with E-state index in [4.69, 9.17) is 9.84 Å². The van der Waals surface area contributed by atoms with Gasteiger partial charge < -0.3 is 15.2 Å². The number of carbonyl (C=O) groups excluding carboxylic acids is 1. The Balaban J connectivity index is 2.47. The van der Waals surface area contributed by atoms with E-state index in [9.17, 15) is 14.0 Å². The highest BCUT2D eigenvalue weighted by Gasteiger charge is 2.21. The Bertz CT molecular complexity index is 476. The van der Waals surface area contributed by atoms with Gasteiger partial charge in [-0.2, -0.15) is 0 Å². The average Bonchev–Trinajstić information content (AvgIpc) is 2.35. The molecule has 0 saturated carbocycles. The molecule has 0 aliphatic rings. The summed E-state index contributed by atoms with van der Waals surface area (Å²) in [6.45, 7) is 3.38. The molecule has 110 valence electrons. The van der Waals surface area contributed by atoms with Gasteiger partial charge in [-0.05, 0) is 24.5 Å². The summed E-state index contributed by atoms with van der Waals surface area (Å²) in [6.07, 6.45) is 0.334. The van der Waals surface area contributed by atoms with Crippen molar-refractivity contribution in [3.05, 3.63) is 30.1 Å². The molecule has 0 fully saturated rings. The van der Waals surface area contributed by atoms with Crippen LogP contribution in [0.4, 0.5) is 4.39 Å². The third kappa shape index (κ3) is 5.69. The third-order valence-corrected chi connectivity index (χ3v) is 2.51. The highest BCUT2D eigenvalue weighted by Crippen LogP contribution is 2.11. The molecular weight excluding hydrogens is 265 g/mol. The van der Waals surface area contributed by atoms with E-state index >= 15 is 0 Å². The van der Waals surface area contributed by atoms with E-state index in [-0.39, 0.29) is 18.3 Å². The quantitative estimate of drug-likeness (QED) is 0.800. The Morgan fingerprint density at radius 3 is 2.65 bits per heavy atom. The lowest BCUT2D eigenvalue weighted by molar-refractivity contribution is -0.142. The second kappa shape index (κ2) is 7.47. The minimum Gasteiger partial charge on any atom is -0.484 e. The number of hydrogen-bond donors (Lipinski definition) is 2. The van der Waals surface area contributed by atoms with E-state index in [1.54, 1.807) is 0 Å². The Hall–Kier alpha value is -2.11. The molecule has 0 heterocycles. The van der Waals surface area contributed by atoms with Crippen LogP contribution >= 0.6 is 0 Å². The Kier molecular flexibility index (Phi) is 5.96. The van der Waals surface area contributed by atoms with Crippen LogP contribution in [0.25, 0.3) is 0 Å². The second-order valence-electron chi connectivity index (χ2n) is 4.83. The number of carboxylic acids is 1. The Labute approximate surface area is 116 Å². The first-order valence-electron chi connectivity index (χ1n) is 6.29. The van der Waals surface area contributed by atoms with Crippen molar-refractivity contribution < 1.29 is 23.8 Å². The standard InChI is InChI=1S/C14H18FNO4/c1-9(2)6-12(14(18)19)16-13(17)8-20-11-5-3-4-10(15)7-11/h3-5,7,9,12H,6,8H2,1-2H3,(H,16,17)(H,18,19)/t12-/m1/s1. The van der Waals surface area contributed by atoms with Gasteiger partial charge in [0.2, 0.25) is 0 Å². The van der Waals surface area contributed by atoms with Crippen molar-refractivity contribution in [2.75, 3.05) is 6.61 Å². The molecule has 1 aromatic rings.